The molecule has 0 aromatic carbocycles. The van der Waals surface area contributed by atoms with Crippen LogP contribution in [0.2, 0.25) is 0 Å². The number of imide groups is 1. The van der Waals surface area contributed by atoms with E-state index in [1.54, 1.807) is 43.3 Å². The van der Waals surface area contributed by atoms with Gasteiger partial charge in [-0.15, -0.1) is 23.1 Å². The van der Waals surface area contributed by atoms with Crippen LogP contribution in [0.1, 0.15) is 43.6 Å². The summed E-state index contributed by atoms with van der Waals surface area (Å²) in [4.78, 5) is 37.0. The fourth-order valence-electron chi connectivity index (χ4n) is 3.58. The first-order chi connectivity index (χ1) is 12.5. The maximum absolute atomic E-state index is 12.2. The van der Waals surface area contributed by atoms with Crippen molar-refractivity contribution >= 4 is 45.3 Å². The lowest BCUT2D eigenvalue weighted by atomic mass is 9.97. The van der Waals surface area contributed by atoms with Gasteiger partial charge in [-0.1, -0.05) is 0 Å². The van der Waals surface area contributed by atoms with E-state index >= 15 is 0 Å². The van der Waals surface area contributed by atoms with E-state index in [0.717, 1.165) is 34.9 Å². The Balaban J connectivity index is 1.42. The number of rotatable bonds is 5. The standard InChI is InChI=1S/C18H22N4O2S2/c1-18(2)16(23)22(17(24)21-18)8-5-9-25-14-13-11-6-3-4-7-12(11)26-15(13)20-10-19-14/h10H,3-9H2,1-2H3,(H,21,24). The molecule has 2 aromatic rings. The fourth-order valence-corrected chi connectivity index (χ4v) is 5.83. The average molecular weight is 391 g/mol. The van der Waals surface area contributed by atoms with Crippen LogP contribution in [-0.4, -0.2) is 44.6 Å². The maximum Gasteiger partial charge on any atom is 0.325 e. The van der Waals surface area contributed by atoms with Crippen LogP contribution in [0.5, 0.6) is 0 Å². The molecule has 0 saturated carbocycles. The topological polar surface area (TPSA) is 75.2 Å². The molecule has 3 amide bonds. The molecule has 8 heteroatoms. The predicted octanol–water partition coefficient (Wildman–Crippen LogP) is 3.38. The molecule has 1 aliphatic heterocycles. The summed E-state index contributed by atoms with van der Waals surface area (Å²) in [6, 6.07) is -0.290. The van der Waals surface area contributed by atoms with Gasteiger partial charge in [0.25, 0.3) is 5.91 Å². The molecule has 0 unspecified atom stereocenters. The number of thioether (sulfide) groups is 1. The molecule has 3 heterocycles. The van der Waals surface area contributed by atoms with Crippen molar-refractivity contribution < 1.29 is 9.59 Å². The smallest absolute Gasteiger partial charge is 0.324 e. The fraction of sp³-hybridized carbons (Fsp3) is 0.556. The zero-order valence-electron chi connectivity index (χ0n) is 15.0. The molecule has 2 aliphatic rings. The number of fused-ring (bicyclic) bond motifs is 3. The second kappa shape index (κ2) is 6.81. The summed E-state index contributed by atoms with van der Waals surface area (Å²) in [6.45, 7) is 3.91. The minimum absolute atomic E-state index is 0.149. The molecule has 4 rings (SSSR count). The average Bonchev–Trinajstić information content (AvgIpc) is 3.08. The van der Waals surface area contributed by atoms with Crippen molar-refractivity contribution in [3.63, 3.8) is 0 Å². The van der Waals surface area contributed by atoms with E-state index in [1.165, 1.54) is 33.6 Å². The van der Waals surface area contributed by atoms with Gasteiger partial charge in [0, 0.05) is 22.6 Å². The molecule has 0 atom stereocenters. The third-order valence-corrected chi connectivity index (χ3v) is 7.20. The molecule has 0 spiro atoms. The van der Waals surface area contributed by atoms with Crippen LogP contribution >= 0.6 is 23.1 Å². The molecule has 2 aromatic heterocycles. The summed E-state index contributed by atoms with van der Waals surface area (Å²) in [6.07, 6.45) is 7.17. The normalized spacial score (nSPS) is 19.1. The van der Waals surface area contributed by atoms with Crippen molar-refractivity contribution in [2.45, 2.75) is 56.5 Å². The summed E-state index contributed by atoms with van der Waals surface area (Å²) in [5.41, 5.74) is 0.647. The van der Waals surface area contributed by atoms with Crippen molar-refractivity contribution in [3.05, 3.63) is 16.8 Å². The highest BCUT2D eigenvalue weighted by Gasteiger charge is 2.43. The Hall–Kier alpha value is -1.67. The van der Waals surface area contributed by atoms with E-state index in [2.05, 4.69) is 15.3 Å². The van der Waals surface area contributed by atoms with Gasteiger partial charge < -0.3 is 5.32 Å². The first-order valence-electron chi connectivity index (χ1n) is 8.99. The number of hydrogen-bond donors (Lipinski definition) is 1. The maximum atomic E-state index is 12.2. The minimum Gasteiger partial charge on any atom is -0.324 e. The van der Waals surface area contributed by atoms with E-state index in [4.69, 9.17) is 0 Å². The molecular weight excluding hydrogens is 368 g/mol. The number of nitrogens with zero attached hydrogens (tertiary/aromatic N) is 3. The third-order valence-electron chi connectivity index (χ3n) is 4.93. The minimum atomic E-state index is -0.793. The van der Waals surface area contributed by atoms with E-state index in [9.17, 15) is 9.59 Å². The largest absolute Gasteiger partial charge is 0.325 e. The Morgan fingerprint density at radius 2 is 2.08 bits per heavy atom. The molecule has 26 heavy (non-hydrogen) atoms. The molecule has 0 bridgehead atoms. The number of aromatic nitrogens is 2. The molecular formula is C18H22N4O2S2. The van der Waals surface area contributed by atoms with Gasteiger partial charge in [0.1, 0.15) is 21.7 Å². The second-order valence-corrected chi connectivity index (χ2v) is 9.45. The van der Waals surface area contributed by atoms with Gasteiger partial charge >= 0.3 is 6.03 Å². The van der Waals surface area contributed by atoms with Gasteiger partial charge in [-0.3, -0.25) is 9.69 Å². The zero-order chi connectivity index (χ0) is 18.3. The van der Waals surface area contributed by atoms with Crippen molar-refractivity contribution in [2.75, 3.05) is 12.3 Å². The molecule has 1 aliphatic carbocycles. The highest BCUT2D eigenvalue weighted by Crippen LogP contribution is 2.39. The number of nitrogens with one attached hydrogen (secondary N) is 1. The molecule has 1 N–H and O–H groups in total. The van der Waals surface area contributed by atoms with Gasteiger partial charge in [-0.2, -0.15) is 0 Å². The van der Waals surface area contributed by atoms with Crippen LogP contribution < -0.4 is 5.32 Å². The van der Waals surface area contributed by atoms with Gasteiger partial charge in [0.05, 0.1) is 0 Å². The Bertz CT molecular complexity index is 877. The van der Waals surface area contributed by atoms with E-state index in [0.29, 0.717) is 6.54 Å². The Labute approximate surface area is 160 Å². The summed E-state index contributed by atoms with van der Waals surface area (Å²) in [5.74, 6) is 0.664. The number of amides is 3. The van der Waals surface area contributed by atoms with Gasteiger partial charge in [0.15, 0.2) is 0 Å². The monoisotopic (exact) mass is 390 g/mol. The van der Waals surface area contributed by atoms with E-state index in [-0.39, 0.29) is 11.9 Å². The number of urea groups is 1. The number of aryl methyl sites for hydroxylation is 2. The van der Waals surface area contributed by atoms with Gasteiger partial charge in [0.2, 0.25) is 0 Å². The van der Waals surface area contributed by atoms with Crippen molar-refractivity contribution in [1.82, 2.24) is 20.2 Å². The third kappa shape index (κ3) is 3.09. The van der Waals surface area contributed by atoms with E-state index in [1.807, 2.05) is 0 Å². The molecule has 138 valence electrons. The Morgan fingerprint density at radius 1 is 1.27 bits per heavy atom. The van der Waals surface area contributed by atoms with Crippen molar-refractivity contribution in [2.24, 2.45) is 0 Å². The molecule has 1 saturated heterocycles. The number of carbonyl (C=O) groups is 2. The van der Waals surface area contributed by atoms with Crippen LogP contribution in [0, 0.1) is 0 Å². The highest BCUT2D eigenvalue weighted by molar-refractivity contribution is 7.99. The lowest BCUT2D eigenvalue weighted by Crippen LogP contribution is -2.40. The van der Waals surface area contributed by atoms with Gasteiger partial charge in [-0.25, -0.2) is 14.8 Å². The quantitative estimate of drug-likeness (QED) is 0.367. The lowest BCUT2D eigenvalue weighted by Gasteiger charge is -2.15. The molecule has 0 radical (unpaired) electrons. The molecule has 6 nitrogen and oxygen atoms in total. The second-order valence-electron chi connectivity index (χ2n) is 7.28. The van der Waals surface area contributed by atoms with Crippen LogP contribution in [0.25, 0.3) is 10.2 Å². The van der Waals surface area contributed by atoms with Crippen molar-refractivity contribution in [1.29, 1.82) is 0 Å². The van der Waals surface area contributed by atoms with Crippen LogP contribution in [0.15, 0.2) is 11.4 Å². The molecule has 1 fully saturated rings. The summed E-state index contributed by atoms with van der Waals surface area (Å²) in [7, 11) is 0. The first-order valence-corrected chi connectivity index (χ1v) is 10.8. The highest BCUT2D eigenvalue weighted by atomic mass is 32.2. The summed E-state index contributed by atoms with van der Waals surface area (Å²) < 4.78 is 0. The van der Waals surface area contributed by atoms with Crippen molar-refractivity contribution in [3.8, 4) is 0 Å². The SMILES string of the molecule is CC1(C)NC(=O)N(CCCSc2ncnc3sc4c(c23)CCCC4)C1=O. The Kier molecular flexibility index (Phi) is 4.64. The summed E-state index contributed by atoms with van der Waals surface area (Å²) >= 11 is 3.50. The van der Waals surface area contributed by atoms with Crippen LogP contribution in [-0.2, 0) is 17.6 Å². The Morgan fingerprint density at radius 3 is 2.85 bits per heavy atom. The van der Waals surface area contributed by atoms with Crippen LogP contribution in [0.3, 0.4) is 0 Å². The van der Waals surface area contributed by atoms with Crippen LogP contribution in [0.4, 0.5) is 4.79 Å². The zero-order valence-corrected chi connectivity index (χ0v) is 16.6. The predicted molar refractivity (Wildman–Crippen MR) is 104 cm³/mol. The van der Waals surface area contributed by atoms with E-state index < -0.39 is 5.54 Å². The van der Waals surface area contributed by atoms with Gasteiger partial charge in [-0.05, 0) is 51.5 Å². The number of carbonyl (C=O) groups excluding carboxylic acids is 2. The first kappa shape index (κ1) is 17.7. The number of thiophene rings is 1. The number of hydrogen-bond acceptors (Lipinski definition) is 6. The summed E-state index contributed by atoms with van der Waals surface area (Å²) in [5, 5.41) is 4.98. The lowest BCUT2D eigenvalue weighted by molar-refractivity contribution is -0.130.